The summed E-state index contributed by atoms with van der Waals surface area (Å²) in [6.07, 6.45) is 0. The highest BCUT2D eigenvalue weighted by atomic mass is 31.1. The molecule has 0 aromatic heterocycles. The maximum Gasteiger partial charge on any atom is 0.314 e. The molecule has 132 valence electrons. The summed E-state index contributed by atoms with van der Waals surface area (Å²) in [5.74, 6) is -0.402. The van der Waals surface area contributed by atoms with E-state index in [1.807, 2.05) is 54.6 Å². The van der Waals surface area contributed by atoms with Crippen LogP contribution in [-0.4, -0.2) is 18.4 Å². The zero-order valence-electron chi connectivity index (χ0n) is 15.4. The lowest BCUT2D eigenvalue weighted by molar-refractivity contribution is -0.147. The first kappa shape index (κ1) is 19.3. The van der Waals surface area contributed by atoms with Gasteiger partial charge in [-0.2, -0.15) is 0 Å². The molecule has 2 rings (SSSR count). The van der Waals surface area contributed by atoms with Crippen LogP contribution in [0.4, 0.5) is 0 Å². The SMILES string of the molecule is CPOC(=O)C(C)(C)C(C)(C)C(=O)c1ccc(-c2ccccc2)cc1. The van der Waals surface area contributed by atoms with Crippen molar-refractivity contribution >= 4 is 20.6 Å². The number of Topliss-reactive ketones (excluding diaryl/α,β-unsaturated/α-hetero) is 1. The second kappa shape index (κ2) is 7.49. The molecule has 0 aliphatic heterocycles. The van der Waals surface area contributed by atoms with Crippen molar-refractivity contribution < 1.29 is 14.1 Å². The van der Waals surface area contributed by atoms with Crippen LogP contribution in [0.2, 0.25) is 0 Å². The maximum absolute atomic E-state index is 13.1. The smallest absolute Gasteiger partial charge is 0.314 e. The van der Waals surface area contributed by atoms with Crippen molar-refractivity contribution in [2.75, 3.05) is 6.66 Å². The van der Waals surface area contributed by atoms with Crippen molar-refractivity contribution in [3.05, 3.63) is 60.2 Å². The Labute approximate surface area is 151 Å². The predicted octanol–water partition coefficient (Wildman–Crippen LogP) is 5.36. The van der Waals surface area contributed by atoms with E-state index in [2.05, 4.69) is 0 Å². The largest absolute Gasteiger partial charge is 0.448 e. The van der Waals surface area contributed by atoms with E-state index < -0.39 is 10.8 Å². The normalized spacial score (nSPS) is 12.4. The van der Waals surface area contributed by atoms with Gasteiger partial charge in [-0.25, -0.2) is 0 Å². The third-order valence-corrected chi connectivity index (χ3v) is 5.48. The quantitative estimate of drug-likeness (QED) is 0.517. The minimum Gasteiger partial charge on any atom is -0.448 e. The number of hydrogen-bond acceptors (Lipinski definition) is 3. The highest BCUT2D eigenvalue weighted by molar-refractivity contribution is 7.31. The first-order valence-electron chi connectivity index (χ1n) is 8.30. The molecular weight excluding hydrogens is 331 g/mol. The maximum atomic E-state index is 13.1. The fraction of sp³-hybridized carbons (Fsp3) is 0.333. The lowest BCUT2D eigenvalue weighted by Gasteiger charge is -2.38. The van der Waals surface area contributed by atoms with Crippen molar-refractivity contribution in [2.45, 2.75) is 27.7 Å². The molecular formula is C21H25O3P. The lowest BCUT2D eigenvalue weighted by Crippen LogP contribution is -2.45. The van der Waals surface area contributed by atoms with Crippen LogP contribution in [0.25, 0.3) is 11.1 Å². The first-order chi connectivity index (χ1) is 11.7. The van der Waals surface area contributed by atoms with Gasteiger partial charge in [0.2, 0.25) is 0 Å². The Hall–Kier alpha value is -1.99. The molecule has 2 aromatic rings. The summed E-state index contributed by atoms with van der Waals surface area (Å²) in [6, 6.07) is 17.6. The number of rotatable bonds is 6. The molecule has 25 heavy (non-hydrogen) atoms. The third-order valence-electron chi connectivity index (χ3n) is 5.09. The molecule has 4 heteroatoms. The van der Waals surface area contributed by atoms with E-state index in [9.17, 15) is 9.59 Å². The topological polar surface area (TPSA) is 43.4 Å². The van der Waals surface area contributed by atoms with Crippen LogP contribution in [0.3, 0.4) is 0 Å². The summed E-state index contributed by atoms with van der Waals surface area (Å²) in [6.45, 7) is 8.95. The second-order valence-corrected chi connectivity index (χ2v) is 7.73. The number of hydrogen-bond donors (Lipinski definition) is 0. The molecule has 1 unspecified atom stereocenters. The van der Waals surface area contributed by atoms with Gasteiger partial charge in [-0.1, -0.05) is 68.4 Å². The number of carbonyl (C=O) groups is 2. The molecule has 0 N–H and O–H groups in total. The lowest BCUT2D eigenvalue weighted by atomic mass is 9.64. The number of benzene rings is 2. The summed E-state index contributed by atoms with van der Waals surface area (Å²) >= 11 is 0. The molecule has 0 bridgehead atoms. The minimum absolute atomic E-state index is 0.0616. The van der Waals surface area contributed by atoms with Gasteiger partial charge in [0.05, 0.1) is 14.2 Å². The Morgan fingerprint density at radius 3 is 1.84 bits per heavy atom. The molecule has 0 fully saturated rings. The molecule has 0 radical (unpaired) electrons. The molecule has 2 aromatic carbocycles. The molecule has 0 saturated carbocycles. The fourth-order valence-electron chi connectivity index (χ4n) is 2.56. The van der Waals surface area contributed by atoms with Crippen molar-refractivity contribution in [1.29, 1.82) is 0 Å². The van der Waals surface area contributed by atoms with Gasteiger partial charge < -0.3 is 4.52 Å². The summed E-state index contributed by atoms with van der Waals surface area (Å²) in [5.41, 5.74) is 0.974. The Morgan fingerprint density at radius 2 is 1.32 bits per heavy atom. The first-order valence-corrected chi connectivity index (χ1v) is 9.71. The molecule has 0 aliphatic carbocycles. The Kier molecular flexibility index (Phi) is 5.80. The van der Waals surface area contributed by atoms with Gasteiger partial charge in [-0.05, 0) is 31.6 Å². The highest BCUT2D eigenvalue weighted by Gasteiger charge is 2.49. The van der Waals surface area contributed by atoms with Gasteiger partial charge in [0.1, 0.15) is 0 Å². The molecule has 0 heterocycles. The van der Waals surface area contributed by atoms with E-state index in [0.717, 1.165) is 11.1 Å². The Morgan fingerprint density at radius 1 is 0.800 bits per heavy atom. The molecule has 0 spiro atoms. The summed E-state index contributed by atoms with van der Waals surface area (Å²) in [4.78, 5) is 25.4. The monoisotopic (exact) mass is 356 g/mol. The Bertz CT molecular complexity index is 746. The molecule has 0 amide bonds. The summed E-state index contributed by atoms with van der Waals surface area (Å²) < 4.78 is 5.19. The van der Waals surface area contributed by atoms with Gasteiger partial charge in [-0.15, -0.1) is 0 Å². The predicted molar refractivity (Wildman–Crippen MR) is 104 cm³/mol. The van der Waals surface area contributed by atoms with Crippen LogP contribution in [0.5, 0.6) is 0 Å². The van der Waals surface area contributed by atoms with Gasteiger partial charge >= 0.3 is 5.97 Å². The average molecular weight is 356 g/mol. The van der Waals surface area contributed by atoms with Crippen LogP contribution >= 0.6 is 8.81 Å². The van der Waals surface area contributed by atoms with E-state index in [0.29, 0.717) is 5.56 Å². The zero-order valence-corrected chi connectivity index (χ0v) is 16.4. The minimum atomic E-state index is -0.912. The summed E-state index contributed by atoms with van der Waals surface area (Å²) in [5, 5.41) is 0. The van der Waals surface area contributed by atoms with E-state index >= 15 is 0 Å². The summed E-state index contributed by atoms with van der Waals surface area (Å²) in [7, 11) is 0.0722. The highest BCUT2D eigenvalue weighted by Crippen LogP contribution is 2.43. The van der Waals surface area contributed by atoms with Crippen molar-refractivity contribution in [1.82, 2.24) is 0 Å². The molecule has 0 saturated heterocycles. The van der Waals surface area contributed by atoms with Crippen molar-refractivity contribution in [2.24, 2.45) is 10.8 Å². The van der Waals surface area contributed by atoms with E-state index in [1.165, 1.54) is 0 Å². The Balaban J connectivity index is 2.29. The van der Waals surface area contributed by atoms with Crippen LogP contribution in [-0.2, 0) is 9.32 Å². The van der Waals surface area contributed by atoms with E-state index in [1.54, 1.807) is 34.4 Å². The average Bonchev–Trinajstić information content (AvgIpc) is 2.62. The number of ketones is 1. The van der Waals surface area contributed by atoms with E-state index in [4.69, 9.17) is 4.52 Å². The molecule has 3 nitrogen and oxygen atoms in total. The molecule has 1 atom stereocenters. The van der Waals surface area contributed by atoms with Crippen LogP contribution in [0, 0.1) is 10.8 Å². The second-order valence-electron chi connectivity index (χ2n) is 7.12. The molecule has 0 aliphatic rings. The van der Waals surface area contributed by atoms with Gasteiger partial charge in [0.15, 0.2) is 5.78 Å². The van der Waals surface area contributed by atoms with Gasteiger partial charge in [0, 0.05) is 11.0 Å². The van der Waals surface area contributed by atoms with E-state index in [-0.39, 0.29) is 20.6 Å². The van der Waals surface area contributed by atoms with Crippen LogP contribution < -0.4 is 0 Å². The van der Waals surface area contributed by atoms with Gasteiger partial charge in [0.25, 0.3) is 0 Å². The van der Waals surface area contributed by atoms with Gasteiger partial charge in [-0.3, -0.25) is 9.59 Å². The fourth-order valence-corrected chi connectivity index (χ4v) is 3.01. The number of carbonyl (C=O) groups excluding carboxylic acids is 2. The zero-order chi connectivity index (χ0) is 18.7. The third kappa shape index (κ3) is 3.82. The van der Waals surface area contributed by atoms with Crippen LogP contribution in [0.1, 0.15) is 38.1 Å². The van der Waals surface area contributed by atoms with Crippen molar-refractivity contribution in [3.8, 4) is 11.1 Å². The standard InChI is InChI=1S/C21H25O3P/c1-20(2,21(3,4)19(23)24-25-5)18(22)17-13-11-16(12-14-17)15-9-7-6-8-10-15/h6-14,25H,1-5H3. The van der Waals surface area contributed by atoms with Crippen molar-refractivity contribution in [3.63, 3.8) is 0 Å². The van der Waals surface area contributed by atoms with Crippen LogP contribution in [0.15, 0.2) is 54.6 Å².